The van der Waals surface area contributed by atoms with E-state index < -0.39 is 0 Å². The van der Waals surface area contributed by atoms with Crippen LogP contribution in [0.3, 0.4) is 0 Å². The lowest BCUT2D eigenvalue weighted by Gasteiger charge is -2.30. The highest BCUT2D eigenvalue weighted by atomic mass is 15.2. The minimum Gasteiger partial charge on any atom is -0.308 e. The third-order valence-electron chi connectivity index (χ3n) is 4.90. The molecule has 0 aliphatic carbocycles. The maximum atomic E-state index is 3.70. The number of rotatable bonds is 3. The van der Waals surface area contributed by atoms with Gasteiger partial charge in [-0.2, -0.15) is 0 Å². The Hall–Kier alpha value is -0.860. The molecule has 19 heavy (non-hydrogen) atoms. The molecule has 104 valence electrons. The number of nitrogens with one attached hydrogen (secondary N) is 1. The Morgan fingerprint density at radius 2 is 2.05 bits per heavy atom. The number of fused-ring (bicyclic) bond motifs is 1. The van der Waals surface area contributed by atoms with Gasteiger partial charge in [-0.1, -0.05) is 38.1 Å². The lowest BCUT2D eigenvalue weighted by Crippen LogP contribution is -2.44. The van der Waals surface area contributed by atoms with Gasteiger partial charge >= 0.3 is 0 Å². The van der Waals surface area contributed by atoms with E-state index in [1.54, 1.807) is 5.56 Å². The standard InChI is InChI=1S/C17H26N2/c1-13(2)16-7-8-19(11-16)12-17-9-14-5-3-4-6-15(14)10-18-17/h3-6,13,16-18H,7-12H2,1-2H3. The van der Waals surface area contributed by atoms with Crippen molar-refractivity contribution in [3.63, 3.8) is 0 Å². The summed E-state index contributed by atoms with van der Waals surface area (Å²) >= 11 is 0. The zero-order chi connectivity index (χ0) is 13.2. The number of hydrogen-bond donors (Lipinski definition) is 1. The Labute approximate surface area is 117 Å². The number of hydrogen-bond acceptors (Lipinski definition) is 2. The van der Waals surface area contributed by atoms with Crippen LogP contribution in [0.25, 0.3) is 0 Å². The van der Waals surface area contributed by atoms with Crippen LogP contribution in [0, 0.1) is 11.8 Å². The van der Waals surface area contributed by atoms with Gasteiger partial charge < -0.3 is 10.2 Å². The molecule has 0 aromatic heterocycles. The summed E-state index contributed by atoms with van der Waals surface area (Å²) < 4.78 is 0. The van der Waals surface area contributed by atoms with Gasteiger partial charge in [0.15, 0.2) is 0 Å². The molecule has 1 saturated heterocycles. The van der Waals surface area contributed by atoms with E-state index in [1.165, 1.54) is 38.0 Å². The van der Waals surface area contributed by atoms with Gasteiger partial charge in [-0.05, 0) is 42.3 Å². The first-order valence-electron chi connectivity index (χ1n) is 7.75. The van der Waals surface area contributed by atoms with Crippen molar-refractivity contribution < 1.29 is 0 Å². The second-order valence-electron chi connectivity index (χ2n) is 6.60. The molecule has 1 aromatic carbocycles. The minimum atomic E-state index is 0.640. The Balaban J connectivity index is 1.55. The van der Waals surface area contributed by atoms with E-state index in [0.29, 0.717) is 6.04 Å². The van der Waals surface area contributed by atoms with E-state index in [2.05, 4.69) is 48.3 Å². The molecule has 2 aliphatic rings. The van der Waals surface area contributed by atoms with E-state index in [4.69, 9.17) is 0 Å². The van der Waals surface area contributed by atoms with Gasteiger partial charge in [0.2, 0.25) is 0 Å². The molecule has 0 radical (unpaired) electrons. The van der Waals surface area contributed by atoms with Gasteiger partial charge in [-0.25, -0.2) is 0 Å². The van der Waals surface area contributed by atoms with Gasteiger partial charge in [-0.15, -0.1) is 0 Å². The van der Waals surface area contributed by atoms with E-state index in [9.17, 15) is 0 Å². The van der Waals surface area contributed by atoms with Crippen molar-refractivity contribution >= 4 is 0 Å². The second kappa shape index (κ2) is 5.64. The molecule has 2 heterocycles. The van der Waals surface area contributed by atoms with Crippen molar-refractivity contribution in [3.05, 3.63) is 35.4 Å². The van der Waals surface area contributed by atoms with Crippen LogP contribution in [0.1, 0.15) is 31.4 Å². The van der Waals surface area contributed by atoms with Crippen molar-refractivity contribution in [2.24, 2.45) is 11.8 Å². The molecule has 3 rings (SSSR count). The van der Waals surface area contributed by atoms with Crippen molar-refractivity contribution in [1.29, 1.82) is 0 Å². The maximum Gasteiger partial charge on any atom is 0.0238 e. The summed E-state index contributed by atoms with van der Waals surface area (Å²) in [6.07, 6.45) is 2.58. The van der Waals surface area contributed by atoms with Gasteiger partial charge in [0.25, 0.3) is 0 Å². The second-order valence-corrected chi connectivity index (χ2v) is 6.60. The van der Waals surface area contributed by atoms with Crippen LogP contribution in [0.5, 0.6) is 0 Å². The Bertz CT molecular complexity index is 427. The van der Waals surface area contributed by atoms with Crippen LogP contribution in [-0.4, -0.2) is 30.6 Å². The smallest absolute Gasteiger partial charge is 0.0238 e. The molecule has 0 amide bonds. The average molecular weight is 258 g/mol. The van der Waals surface area contributed by atoms with Crippen molar-refractivity contribution in [1.82, 2.24) is 10.2 Å². The summed E-state index contributed by atoms with van der Waals surface area (Å²) in [4.78, 5) is 2.66. The summed E-state index contributed by atoms with van der Waals surface area (Å²) in [5.74, 6) is 1.75. The fraction of sp³-hybridized carbons (Fsp3) is 0.647. The predicted molar refractivity (Wildman–Crippen MR) is 80.2 cm³/mol. The van der Waals surface area contributed by atoms with Crippen LogP contribution in [0.2, 0.25) is 0 Å². The van der Waals surface area contributed by atoms with Crippen molar-refractivity contribution in [2.75, 3.05) is 19.6 Å². The van der Waals surface area contributed by atoms with Crippen LogP contribution >= 0.6 is 0 Å². The van der Waals surface area contributed by atoms with Gasteiger partial charge in [0.05, 0.1) is 0 Å². The lowest BCUT2D eigenvalue weighted by molar-refractivity contribution is 0.262. The SMILES string of the molecule is CC(C)C1CCN(CC2Cc3ccccc3CN2)C1. The van der Waals surface area contributed by atoms with Gasteiger partial charge in [0, 0.05) is 25.7 Å². The molecule has 1 aromatic rings. The first-order valence-corrected chi connectivity index (χ1v) is 7.75. The first kappa shape index (κ1) is 13.1. The van der Waals surface area contributed by atoms with E-state index in [-0.39, 0.29) is 0 Å². The molecule has 2 heteroatoms. The summed E-state index contributed by atoms with van der Waals surface area (Å²) in [6, 6.07) is 9.51. The number of benzene rings is 1. The molecule has 0 saturated carbocycles. The molecule has 2 atom stereocenters. The summed E-state index contributed by atoms with van der Waals surface area (Å²) in [5, 5.41) is 3.70. The molecule has 0 bridgehead atoms. The highest BCUT2D eigenvalue weighted by Crippen LogP contribution is 2.24. The van der Waals surface area contributed by atoms with Gasteiger partial charge in [-0.3, -0.25) is 0 Å². The van der Waals surface area contributed by atoms with Crippen molar-refractivity contribution in [2.45, 2.75) is 39.3 Å². The average Bonchev–Trinajstić information content (AvgIpc) is 2.87. The Kier molecular flexibility index (Phi) is 3.90. The quantitative estimate of drug-likeness (QED) is 0.897. The molecule has 2 unspecified atom stereocenters. The number of likely N-dealkylation sites (tertiary alicyclic amines) is 1. The van der Waals surface area contributed by atoms with E-state index >= 15 is 0 Å². The fourth-order valence-corrected chi connectivity index (χ4v) is 3.53. The highest BCUT2D eigenvalue weighted by Gasteiger charge is 2.27. The molecule has 0 spiro atoms. The van der Waals surface area contributed by atoms with Crippen molar-refractivity contribution in [3.8, 4) is 0 Å². The van der Waals surface area contributed by atoms with Crippen LogP contribution in [0.15, 0.2) is 24.3 Å². The zero-order valence-electron chi connectivity index (χ0n) is 12.2. The molecular weight excluding hydrogens is 232 g/mol. The van der Waals surface area contributed by atoms with Crippen LogP contribution in [-0.2, 0) is 13.0 Å². The third-order valence-corrected chi connectivity index (χ3v) is 4.90. The first-order chi connectivity index (χ1) is 9.22. The molecule has 2 nitrogen and oxygen atoms in total. The topological polar surface area (TPSA) is 15.3 Å². The zero-order valence-corrected chi connectivity index (χ0v) is 12.2. The predicted octanol–water partition coefficient (Wildman–Crippen LogP) is 2.68. The molecule has 1 fully saturated rings. The normalized spacial score (nSPS) is 27.7. The molecular formula is C17H26N2. The van der Waals surface area contributed by atoms with E-state index in [0.717, 1.165) is 18.4 Å². The lowest BCUT2D eigenvalue weighted by atomic mass is 9.95. The highest BCUT2D eigenvalue weighted by molar-refractivity contribution is 5.29. The number of nitrogens with zero attached hydrogens (tertiary/aromatic N) is 1. The Morgan fingerprint density at radius 1 is 1.26 bits per heavy atom. The molecule has 1 N–H and O–H groups in total. The van der Waals surface area contributed by atoms with Crippen LogP contribution < -0.4 is 5.32 Å². The summed E-state index contributed by atoms with van der Waals surface area (Å²) in [6.45, 7) is 9.59. The summed E-state index contributed by atoms with van der Waals surface area (Å²) in [7, 11) is 0. The van der Waals surface area contributed by atoms with Crippen LogP contribution in [0.4, 0.5) is 0 Å². The third kappa shape index (κ3) is 3.01. The minimum absolute atomic E-state index is 0.640. The fourth-order valence-electron chi connectivity index (χ4n) is 3.53. The maximum absolute atomic E-state index is 3.70. The monoisotopic (exact) mass is 258 g/mol. The van der Waals surface area contributed by atoms with Gasteiger partial charge in [0.1, 0.15) is 0 Å². The van der Waals surface area contributed by atoms with E-state index in [1.807, 2.05) is 0 Å². The Morgan fingerprint density at radius 3 is 2.79 bits per heavy atom. The summed E-state index contributed by atoms with van der Waals surface area (Å²) in [5.41, 5.74) is 3.03. The largest absolute Gasteiger partial charge is 0.308 e. The molecule has 2 aliphatic heterocycles.